The van der Waals surface area contributed by atoms with Crippen LogP contribution in [-0.4, -0.2) is 4.40 Å². The molecule has 0 aliphatic carbocycles. The molecule has 84 valence electrons. The fourth-order valence-electron chi connectivity index (χ4n) is 2.28. The van der Waals surface area contributed by atoms with E-state index in [1.165, 1.54) is 27.8 Å². The Labute approximate surface area is 101 Å². The third-order valence-electron chi connectivity index (χ3n) is 3.31. The van der Waals surface area contributed by atoms with Gasteiger partial charge in [0.15, 0.2) is 0 Å². The van der Waals surface area contributed by atoms with Gasteiger partial charge in [0.2, 0.25) is 0 Å². The molecule has 0 fully saturated rings. The maximum absolute atomic E-state index is 2.20. The molecule has 0 saturated carbocycles. The molecule has 0 atom stereocenters. The van der Waals surface area contributed by atoms with E-state index in [1.54, 1.807) is 0 Å². The van der Waals surface area contributed by atoms with Crippen LogP contribution < -0.4 is 0 Å². The summed E-state index contributed by atoms with van der Waals surface area (Å²) in [7, 11) is 0. The number of benzene rings is 1. The Morgan fingerprint density at radius 3 is 2.35 bits per heavy atom. The van der Waals surface area contributed by atoms with Gasteiger partial charge in [0.05, 0.1) is 0 Å². The molecule has 0 N–H and O–H groups in total. The first-order chi connectivity index (χ1) is 8.25. The molecule has 17 heavy (non-hydrogen) atoms. The average molecular weight is 221 g/mol. The summed E-state index contributed by atoms with van der Waals surface area (Å²) in [5, 5.41) is 0. The molecule has 1 nitrogen and oxygen atoms in total. The van der Waals surface area contributed by atoms with Gasteiger partial charge < -0.3 is 4.40 Å². The lowest BCUT2D eigenvalue weighted by molar-refractivity contribution is 1.20. The van der Waals surface area contributed by atoms with E-state index in [4.69, 9.17) is 0 Å². The fraction of sp³-hybridized carbons (Fsp3) is 0.125. The van der Waals surface area contributed by atoms with Crippen molar-refractivity contribution in [1.82, 2.24) is 4.40 Å². The van der Waals surface area contributed by atoms with Crippen LogP contribution >= 0.6 is 0 Å². The van der Waals surface area contributed by atoms with Crippen LogP contribution in [0.3, 0.4) is 0 Å². The van der Waals surface area contributed by atoms with Crippen LogP contribution in [0.1, 0.15) is 11.1 Å². The largest absolute Gasteiger partial charge is 0.323 e. The van der Waals surface area contributed by atoms with E-state index in [1.807, 2.05) is 0 Å². The minimum absolute atomic E-state index is 1.28. The van der Waals surface area contributed by atoms with E-state index < -0.39 is 0 Å². The molecule has 1 heteroatoms. The Kier molecular flexibility index (Phi) is 2.25. The van der Waals surface area contributed by atoms with Crippen LogP contribution in [-0.2, 0) is 0 Å². The number of hydrogen-bond donors (Lipinski definition) is 0. The molecule has 3 rings (SSSR count). The first-order valence-corrected chi connectivity index (χ1v) is 5.89. The highest BCUT2D eigenvalue weighted by Gasteiger charge is 2.07. The van der Waals surface area contributed by atoms with Gasteiger partial charge in [-0.05, 0) is 37.1 Å². The second kappa shape index (κ2) is 3.77. The highest BCUT2D eigenvalue weighted by Crippen LogP contribution is 2.28. The fourth-order valence-corrected chi connectivity index (χ4v) is 2.28. The Balaban J connectivity index is 2.24. The minimum atomic E-state index is 1.28. The van der Waals surface area contributed by atoms with E-state index in [0.717, 1.165) is 0 Å². The number of rotatable bonds is 1. The van der Waals surface area contributed by atoms with E-state index in [-0.39, 0.29) is 0 Å². The van der Waals surface area contributed by atoms with Crippen LogP contribution in [0.5, 0.6) is 0 Å². The van der Waals surface area contributed by atoms with Crippen LogP contribution in [0.4, 0.5) is 0 Å². The van der Waals surface area contributed by atoms with Crippen molar-refractivity contribution in [2.24, 2.45) is 0 Å². The van der Waals surface area contributed by atoms with Gasteiger partial charge >= 0.3 is 0 Å². The first kappa shape index (κ1) is 10.2. The number of hydrogen-bond acceptors (Lipinski definition) is 0. The van der Waals surface area contributed by atoms with Crippen molar-refractivity contribution in [3.05, 3.63) is 66.0 Å². The van der Waals surface area contributed by atoms with Crippen molar-refractivity contribution in [1.29, 1.82) is 0 Å². The zero-order valence-electron chi connectivity index (χ0n) is 10.1. The van der Waals surface area contributed by atoms with Gasteiger partial charge in [-0.1, -0.05) is 35.9 Å². The monoisotopic (exact) mass is 221 g/mol. The standard InChI is InChI=1S/C16H15N/c1-12-6-8-14(9-7-12)15-11-17-10-4-3-5-16(17)13(15)2/h3-11H,1-2H3. The normalized spacial score (nSPS) is 10.9. The summed E-state index contributed by atoms with van der Waals surface area (Å²) in [5.74, 6) is 0. The van der Waals surface area contributed by atoms with Gasteiger partial charge in [0, 0.05) is 23.5 Å². The Bertz CT molecular complexity index is 660. The number of aryl methyl sites for hydroxylation is 2. The smallest absolute Gasteiger partial charge is 0.0485 e. The first-order valence-electron chi connectivity index (χ1n) is 5.89. The summed E-state index contributed by atoms with van der Waals surface area (Å²) < 4.78 is 2.19. The summed E-state index contributed by atoms with van der Waals surface area (Å²) in [4.78, 5) is 0. The molecule has 0 spiro atoms. The molecule has 0 amide bonds. The molecule has 0 aliphatic heterocycles. The van der Waals surface area contributed by atoms with Crippen molar-refractivity contribution < 1.29 is 0 Å². The SMILES string of the molecule is Cc1ccc(-c2cn3ccccc3c2C)cc1. The highest BCUT2D eigenvalue weighted by atomic mass is 14.9. The molecule has 0 unspecified atom stereocenters. The Morgan fingerprint density at radius 2 is 1.65 bits per heavy atom. The summed E-state index contributed by atoms with van der Waals surface area (Å²) in [6, 6.07) is 15.0. The number of nitrogens with zero attached hydrogens (tertiary/aromatic N) is 1. The van der Waals surface area contributed by atoms with Crippen LogP contribution in [0, 0.1) is 13.8 Å². The van der Waals surface area contributed by atoms with Crippen LogP contribution in [0.15, 0.2) is 54.9 Å². The van der Waals surface area contributed by atoms with E-state index in [2.05, 4.69) is 73.1 Å². The molecule has 0 saturated heterocycles. The van der Waals surface area contributed by atoms with Gasteiger partial charge in [-0.15, -0.1) is 0 Å². The van der Waals surface area contributed by atoms with Gasteiger partial charge in [-0.25, -0.2) is 0 Å². The topological polar surface area (TPSA) is 4.41 Å². The molecular weight excluding hydrogens is 206 g/mol. The molecular formula is C16H15N. The lowest BCUT2D eigenvalue weighted by atomic mass is 10.0. The quantitative estimate of drug-likeness (QED) is 0.579. The predicted molar refractivity (Wildman–Crippen MR) is 72.3 cm³/mol. The van der Waals surface area contributed by atoms with E-state index >= 15 is 0 Å². The highest BCUT2D eigenvalue weighted by molar-refractivity contribution is 5.76. The molecule has 2 aromatic heterocycles. The molecule has 2 heterocycles. The van der Waals surface area contributed by atoms with Gasteiger partial charge in [0.25, 0.3) is 0 Å². The summed E-state index contributed by atoms with van der Waals surface area (Å²) in [6.45, 7) is 4.30. The van der Waals surface area contributed by atoms with Gasteiger partial charge in [-0.3, -0.25) is 0 Å². The second-order valence-corrected chi connectivity index (χ2v) is 4.53. The van der Waals surface area contributed by atoms with Crippen molar-refractivity contribution >= 4 is 5.52 Å². The molecule has 3 aromatic rings. The predicted octanol–water partition coefficient (Wildman–Crippen LogP) is 4.22. The van der Waals surface area contributed by atoms with Crippen molar-refractivity contribution in [2.75, 3.05) is 0 Å². The number of pyridine rings is 1. The van der Waals surface area contributed by atoms with Gasteiger partial charge in [0.1, 0.15) is 0 Å². The minimum Gasteiger partial charge on any atom is -0.323 e. The average Bonchev–Trinajstić information content (AvgIpc) is 2.69. The number of aromatic nitrogens is 1. The third kappa shape index (κ3) is 1.64. The zero-order valence-corrected chi connectivity index (χ0v) is 10.1. The number of fused-ring (bicyclic) bond motifs is 1. The molecule has 0 radical (unpaired) electrons. The summed E-state index contributed by atoms with van der Waals surface area (Å²) in [5.41, 5.74) is 6.53. The van der Waals surface area contributed by atoms with Crippen molar-refractivity contribution in [3.8, 4) is 11.1 Å². The van der Waals surface area contributed by atoms with E-state index in [9.17, 15) is 0 Å². The van der Waals surface area contributed by atoms with E-state index in [0.29, 0.717) is 0 Å². The lowest BCUT2D eigenvalue weighted by Gasteiger charge is -2.00. The van der Waals surface area contributed by atoms with Gasteiger partial charge in [-0.2, -0.15) is 0 Å². The van der Waals surface area contributed by atoms with Crippen LogP contribution in [0.2, 0.25) is 0 Å². The van der Waals surface area contributed by atoms with Crippen molar-refractivity contribution in [3.63, 3.8) is 0 Å². The summed E-state index contributed by atoms with van der Waals surface area (Å²) in [6.07, 6.45) is 4.30. The molecule has 1 aromatic carbocycles. The van der Waals surface area contributed by atoms with Crippen molar-refractivity contribution in [2.45, 2.75) is 13.8 Å². The Morgan fingerprint density at radius 1 is 0.882 bits per heavy atom. The third-order valence-corrected chi connectivity index (χ3v) is 3.31. The maximum atomic E-state index is 2.20. The second-order valence-electron chi connectivity index (χ2n) is 4.53. The molecule has 0 bridgehead atoms. The lowest BCUT2D eigenvalue weighted by Crippen LogP contribution is -1.78. The maximum Gasteiger partial charge on any atom is 0.0485 e. The zero-order chi connectivity index (χ0) is 11.8. The van der Waals surface area contributed by atoms with Crippen LogP contribution in [0.25, 0.3) is 16.6 Å². The molecule has 0 aliphatic rings. The Hall–Kier alpha value is -2.02. The summed E-state index contributed by atoms with van der Waals surface area (Å²) >= 11 is 0.